The molecule has 0 spiro atoms. The Morgan fingerprint density at radius 1 is 1.26 bits per heavy atom. The number of thioether (sulfide) groups is 1. The molecule has 0 unspecified atom stereocenters. The summed E-state index contributed by atoms with van der Waals surface area (Å²) >= 11 is 1.91. The Balaban J connectivity index is 2.30. The van der Waals surface area contributed by atoms with Crippen molar-refractivity contribution in [3.63, 3.8) is 0 Å². The number of nitrogen functional groups attached to an aromatic ring is 1. The summed E-state index contributed by atoms with van der Waals surface area (Å²) in [6, 6.07) is 5.55. The van der Waals surface area contributed by atoms with Gasteiger partial charge in [-0.15, -0.1) is 0 Å². The van der Waals surface area contributed by atoms with Crippen molar-refractivity contribution in [2.24, 2.45) is 0 Å². The van der Waals surface area contributed by atoms with Crippen LogP contribution in [0.25, 0.3) is 0 Å². The van der Waals surface area contributed by atoms with Crippen LogP contribution in [0.1, 0.15) is 43.0 Å². The minimum Gasteiger partial charge on any atom is -0.398 e. The van der Waals surface area contributed by atoms with Gasteiger partial charge in [-0.2, -0.15) is 11.8 Å². The molecular weight excluding hydrogens is 256 g/mol. The number of nitrogens with two attached hydrogens (primary N) is 1. The fraction of sp³-hybridized carbons (Fsp3) is 0.533. The molecular formula is C15H24N2OS. The number of nitrogens with one attached hydrogen (secondary N) is 1. The highest BCUT2D eigenvalue weighted by molar-refractivity contribution is 7.98. The molecule has 0 aliphatic rings. The minimum absolute atomic E-state index is 0.0122. The van der Waals surface area contributed by atoms with Gasteiger partial charge in [-0.3, -0.25) is 4.79 Å². The number of ketones is 1. The number of anilines is 2. The Kier molecular flexibility index (Phi) is 7.41. The number of unbranched alkanes of at least 4 members (excludes halogenated alkanes) is 3. The third-order valence-corrected chi connectivity index (χ3v) is 3.73. The molecule has 0 bridgehead atoms. The highest BCUT2D eigenvalue weighted by atomic mass is 32.2. The molecule has 3 N–H and O–H groups in total. The predicted octanol–water partition coefficient (Wildman–Crippen LogP) is 3.81. The van der Waals surface area contributed by atoms with Crippen LogP contribution in [0.4, 0.5) is 11.4 Å². The van der Waals surface area contributed by atoms with Crippen molar-refractivity contribution >= 4 is 28.9 Å². The number of hydrogen-bond acceptors (Lipinski definition) is 4. The SMILES string of the molecule is CSCCCCCCNc1ccc(N)c(C(C)=O)c1. The van der Waals surface area contributed by atoms with Gasteiger partial charge in [0.2, 0.25) is 0 Å². The van der Waals surface area contributed by atoms with E-state index in [-0.39, 0.29) is 5.78 Å². The molecule has 0 fully saturated rings. The van der Waals surface area contributed by atoms with E-state index in [1.165, 1.54) is 25.0 Å². The minimum atomic E-state index is 0.0122. The largest absolute Gasteiger partial charge is 0.398 e. The van der Waals surface area contributed by atoms with Gasteiger partial charge in [0.15, 0.2) is 5.78 Å². The van der Waals surface area contributed by atoms with E-state index in [1.807, 2.05) is 23.9 Å². The number of hydrogen-bond donors (Lipinski definition) is 2. The molecule has 0 amide bonds. The standard InChI is InChI=1S/C15H24N2OS/c1-12(18)14-11-13(7-8-15(14)16)17-9-5-3-4-6-10-19-2/h7-8,11,17H,3-6,9-10,16H2,1-2H3. The fourth-order valence-corrected chi connectivity index (χ4v) is 2.42. The Labute approximate surface area is 120 Å². The molecule has 0 atom stereocenters. The van der Waals surface area contributed by atoms with Crippen LogP contribution >= 0.6 is 11.8 Å². The first-order valence-corrected chi connectivity index (χ1v) is 8.18. The van der Waals surface area contributed by atoms with Gasteiger partial charge in [0.1, 0.15) is 0 Å². The summed E-state index contributed by atoms with van der Waals surface area (Å²) in [7, 11) is 0. The molecule has 1 aromatic rings. The normalized spacial score (nSPS) is 10.4. The quantitative estimate of drug-likeness (QED) is 0.410. The van der Waals surface area contributed by atoms with Gasteiger partial charge >= 0.3 is 0 Å². The average molecular weight is 280 g/mol. The van der Waals surface area contributed by atoms with Gasteiger partial charge in [-0.05, 0) is 50.0 Å². The molecule has 0 aliphatic heterocycles. The van der Waals surface area contributed by atoms with Crippen molar-refractivity contribution in [2.75, 3.05) is 29.6 Å². The van der Waals surface area contributed by atoms with Gasteiger partial charge in [-0.1, -0.05) is 12.8 Å². The fourth-order valence-electron chi connectivity index (χ4n) is 1.93. The first-order valence-electron chi connectivity index (χ1n) is 6.78. The zero-order chi connectivity index (χ0) is 14.1. The van der Waals surface area contributed by atoms with Crippen molar-refractivity contribution in [1.29, 1.82) is 0 Å². The lowest BCUT2D eigenvalue weighted by Crippen LogP contribution is -2.05. The van der Waals surface area contributed by atoms with Crippen LogP contribution < -0.4 is 11.1 Å². The third kappa shape index (κ3) is 6.01. The van der Waals surface area contributed by atoms with Gasteiger partial charge in [0.25, 0.3) is 0 Å². The summed E-state index contributed by atoms with van der Waals surface area (Å²) in [6.45, 7) is 2.49. The van der Waals surface area contributed by atoms with Crippen LogP contribution in [-0.2, 0) is 0 Å². The van der Waals surface area contributed by atoms with Gasteiger partial charge in [0.05, 0.1) is 0 Å². The van der Waals surface area contributed by atoms with Crippen molar-refractivity contribution in [3.05, 3.63) is 23.8 Å². The maximum Gasteiger partial charge on any atom is 0.161 e. The van der Waals surface area contributed by atoms with Gasteiger partial charge in [0, 0.05) is 23.5 Å². The molecule has 0 saturated heterocycles. The second kappa shape index (κ2) is 8.86. The molecule has 0 heterocycles. The highest BCUT2D eigenvalue weighted by Gasteiger charge is 2.05. The first kappa shape index (κ1) is 15.9. The van der Waals surface area contributed by atoms with E-state index in [0.29, 0.717) is 11.3 Å². The van der Waals surface area contributed by atoms with E-state index < -0.39 is 0 Å². The first-order chi connectivity index (χ1) is 9.15. The van der Waals surface area contributed by atoms with Crippen LogP contribution in [0.2, 0.25) is 0 Å². The van der Waals surface area contributed by atoms with Crippen LogP contribution in [0.5, 0.6) is 0 Å². The van der Waals surface area contributed by atoms with Crippen molar-refractivity contribution < 1.29 is 4.79 Å². The molecule has 1 rings (SSSR count). The monoisotopic (exact) mass is 280 g/mol. The van der Waals surface area contributed by atoms with Crippen molar-refractivity contribution in [3.8, 4) is 0 Å². The zero-order valence-corrected chi connectivity index (χ0v) is 12.7. The number of carbonyl (C=O) groups excluding carboxylic acids is 1. The third-order valence-electron chi connectivity index (χ3n) is 3.04. The molecule has 0 aromatic heterocycles. The van der Waals surface area contributed by atoms with Crippen LogP contribution in [0.3, 0.4) is 0 Å². The van der Waals surface area contributed by atoms with Gasteiger partial charge in [-0.25, -0.2) is 0 Å². The summed E-state index contributed by atoms with van der Waals surface area (Å²) in [5.74, 6) is 1.27. The Bertz CT molecular complexity index is 407. The molecule has 1 aromatic carbocycles. The lowest BCUT2D eigenvalue weighted by molar-refractivity contribution is 0.101. The second-order valence-electron chi connectivity index (χ2n) is 4.69. The van der Waals surface area contributed by atoms with Gasteiger partial charge < -0.3 is 11.1 Å². The van der Waals surface area contributed by atoms with E-state index in [9.17, 15) is 4.79 Å². The lowest BCUT2D eigenvalue weighted by Gasteiger charge is -2.09. The second-order valence-corrected chi connectivity index (χ2v) is 5.68. The summed E-state index contributed by atoms with van der Waals surface area (Å²) in [4.78, 5) is 11.4. The number of carbonyl (C=O) groups is 1. The van der Waals surface area contributed by atoms with Crippen molar-refractivity contribution in [2.45, 2.75) is 32.6 Å². The molecule has 0 saturated carbocycles. The topological polar surface area (TPSA) is 55.1 Å². The maximum absolute atomic E-state index is 11.4. The van der Waals surface area contributed by atoms with E-state index in [4.69, 9.17) is 5.73 Å². The van der Waals surface area contributed by atoms with Crippen LogP contribution in [0.15, 0.2) is 18.2 Å². The molecule has 19 heavy (non-hydrogen) atoms. The highest BCUT2D eigenvalue weighted by Crippen LogP contribution is 2.18. The van der Waals surface area contributed by atoms with Crippen LogP contribution in [0, 0.1) is 0 Å². The molecule has 4 heteroatoms. The van der Waals surface area contributed by atoms with Crippen molar-refractivity contribution in [1.82, 2.24) is 0 Å². The van der Waals surface area contributed by atoms with E-state index >= 15 is 0 Å². The Hall–Kier alpha value is -1.16. The molecule has 0 radical (unpaired) electrons. The molecule has 3 nitrogen and oxygen atoms in total. The predicted molar refractivity (Wildman–Crippen MR) is 86.2 cm³/mol. The van der Waals surface area contributed by atoms with E-state index in [2.05, 4.69) is 11.6 Å². The summed E-state index contributed by atoms with van der Waals surface area (Å²) in [6.07, 6.45) is 7.16. The van der Waals surface area contributed by atoms with E-state index in [0.717, 1.165) is 18.7 Å². The number of Topliss-reactive ketones (excluding diaryl/α,β-unsaturated/α-hetero) is 1. The van der Waals surface area contributed by atoms with Crippen LogP contribution in [-0.4, -0.2) is 24.3 Å². The zero-order valence-electron chi connectivity index (χ0n) is 11.9. The Morgan fingerprint density at radius 2 is 2.00 bits per heavy atom. The maximum atomic E-state index is 11.4. The smallest absolute Gasteiger partial charge is 0.161 e. The number of benzene rings is 1. The molecule has 106 valence electrons. The summed E-state index contributed by atoms with van der Waals surface area (Å²) in [5.41, 5.74) is 7.89. The summed E-state index contributed by atoms with van der Waals surface area (Å²) < 4.78 is 0. The average Bonchev–Trinajstić information content (AvgIpc) is 2.39. The van der Waals surface area contributed by atoms with E-state index in [1.54, 1.807) is 13.0 Å². The number of rotatable bonds is 9. The molecule has 0 aliphatic carbocycles. The Morgan fingerprint density at radius 3 is 2.68 bits per heavy atom. The lowest BCUT2D eigenvalue weighted by atomic mass is 10.1. The summed E-state index contributed by atoms with van der Waals surface area (Å²) in [5, 5.41) is 3.35.